The number of hydrogen-bond acceptors (Lipinski definition) is 6. The van der Waals surface area contributed by atoms with Crippen LogP contribution >= 0.6 is 0 Å². The van der Waals surface area contributed by atoms with E-state index in [4.69, 9.17) is 10.8 Å². The Morgan fingerprint density at radius 2 is 1.83 bits per heavy atom. The fourth-order valence-electron chi connectivity index (χ4n) is 1.55. The number of carbonyl (C=O) groups is 4. The first-order valence-corrected chi connectivity index (χ1v) is 6.65. The molecule has 0 unspecified atom stereocenters. The molecule has 0 bridgehead atoms. The van der Waals surface area contributed by atoms with Gasteiger partial charge in [0.1, 0.15) is 6.04 Å². The fraction of sp³-hybridized carbons (Fsp3) is 0.417. The lowest BCUT2D eigenvalue weighted by atomic mass is 10.1. The van der Waals surface area contributed by atoms with Crippen LogP contribution < -0.4 is 21.7 Å². The molecule has 0 aliphatic rings. The number of hydrogen-bond donors (Lipinski definition) is 6. The van der Waals surface area contributed by atoms with Crippen LogP contribution in [0, 0.1) is 0 Å². The van der Waals surface area contributed by atoms with Crippen LogP contribution in [0.4, 0.5) is 0 Å². The highest BCUT2D eigenvalue weighted by Crippen LogP contribution is 1.98. The third-order valence-corrected chi connectivity index (χ3v) is 2.68. The van der Waals surface area contributed by atoms with Crippen molar-refractivity contribution in [1.82, 2.24) is 25.9 Å². The number of amides is 3. The SMILES string of the molecule is NCC(=O)NCC(=O)NCC(=O)N[C@@H](Cc1c[nH]cn1)C(=O)O. The largest absolute Gasteiger partial charge is 0.480 e. The summed E-state index contributed by atoms with van der Waals surface area (Å²) >= 11 is 0. The second-order valence-corrected chi connectivity index (χ2v) is 4.48. The Morgan fingerprint density at radius 1 is 1.17 bits per heavy atom. The zero-order chi connectivity index (χ0) is 17.2. The maximum absolute atomic E-state index is 11.7. The van der Waals surface area contributed by atoms with Crippen molar-refractivity contribution in [3.63, 3.8) is 0 Å². The topological polar surface area (TPSA) is 179 Å². The van der Waals surface area contributed by atoms with Crippen LogP contribution in [0.2, 0.25) is 0 Å². The molecule has 0 spiro atoms. The fourth-order valence-corrected chi connectivity index (χ4v) is 1.55. The number of carboxylic acids is 1. The molecule has 0 aliphatic carbocycles. The zero-order valence-corrected chi connectivity index (χ0v) is 12.2. The number of nitrogens with one attached hydrogen (secondary N) is 4. The van der Waals surface area contributed by atoms with Crippen molar-refractivity contribution in [2.45, 2.75) is 12.5 Å². The second-order valence-electron chi connectivity index (χ2n) is 4.48. The molecule has 1 aromatic heterocycles. The van der Waals surface area contributed by atoms with Crippen molar-refractivity contribution in [3.05, 3.63) is 18.2 Å². The summed E-state index contributed by atoms with van der Waals surface area (Å²) in [6.07, 6.45) is 2.92. The van der Waals surface area contributed by atoms with Gasteiger partial charge < -0.3 is 31.8 Å². The summed E-state index contributed by atoms with van der Waals surface area (Å²) in [4.78, 5) is 51.6. The number of aromatic nitrogens is 2. The minimum Gasteiger partial charge on any atom is -0.480 e. The highest BCUT2D eigenvalue weighted by atomic mass is 16.4. The summed E-state index contributed by atoms with van der Waals surface area (Å²) in [7, 11) is 0. The molecule has 23 heavy (non-hydrogen) atoms. The predicted octanol–water partition coefficient (Wildman–Crippen LogP) is -3.29. The van der Waals surface area contributed by atoms with Crippen LogP contribution in [0.15, 0.2) is 12.5 Å². The van der Waals surface area contributed by atoms with Crippen LogP contribution in [-0.2, 0) is 25.6 Å². The van der Waals surface area contributed by atoms with E-state index in [-0.39, 0.29) is 19.5 Å². The predicted molar refractivity (Wildman–Crippen MR) is 76.9 cm³/mol. The van der Waals surface area contributed by atoms with E-state index in [9.17, 15) is 19.2 Å². The first kappa shape index (κ1) is 18.1. The lowest BCUT2D eigenvalue weighted by Crippen LogP contribution is -2.48. The van der Waals surface area contributed by atoms with Crippen molar-refractivity contribution >= 4 is 23.7 Å². The molecule has 126 valence electrons. The molecule has 0 aliphatic heterocycles. The molecule has 7 N–H and O–H groups in total. The van der Waals surface area contributed by atoms with Gasteiger partial charge in [0, 0.05) is 12.6 Å². The molecule has 0 fully saturated rings. The molecule has 1 heterocycles. The zero-order valence-electron chi connectivity index (χ0n) is 12.2. The van der Waals surface area contributed by atoms with Crippen LogP contribution in [0.3, 0.4) is 0 Å². The summed E-state index contributed by atoms with van der Waals surface area (Å²) in [6, 6.07) is -1.17. The Kier molecular flexibility index (Phi) is 7.20. The van der Waals surface area contributed by atoms with E-state index >= 15 is 0 Å². The summed E-state index contributed by atoms with van der Waals surface area (Å²) in [5, 5.41) is 15.8. The molecule has 1 atom stereocenters. The Hall–Kier alpha value is -2.95. The quantitative estimate of drug-likeness (QED) is 0.275. The number of carboxylic acid groups (broad SMARTS) is 1. The second kappa shape index (κ2) is 9.15. The summed E-state index contributed by atoms with van der Waals surface area (Å²) in [5.41, 5.74) is 5.53. The van der Waals surface area contributed by atoms with E-state index in [1.807, 2.05) is 0 Å². The molecule has 0 radical (unpaired) electrons. The standard InChI is InChI=1S/C12H18N6O5/c13-2-9(19)15-4-10(20)16-5-11(21)18-8(12(22)23)1-7-3-14-6-17-7/h3,6,8H,1-2,4-5,13H2,(H,14,17)(H,15,19)(H,16,20)(H,18,21)(H,22,23)/t8-/m0/s1. The van der Waals surface area contributed by atoms with Crippen molar-refractivity contribution < 1.29 is 24.3 Å². The van der Waals surface area contributed by atoms with E-state index in [1.165, 1.54) is 12.5 Å². The van der Waals surface area contributed by atoms with E-state index in [1.54, 1.807) is 0 Å². The van der Waals surface area contributed by atoms with Crippen molar-refractivity contribution in [1.29, 1.82) is 0 Å². The normalized spacial score (nSPS) is 11.3. The highest BCUT2D eigenvalue weighted by Gasteiger charge is 2.21. The van der Waals surface area contributed by atoms with E-state index < -0.39 is 36.3 Å². The van der Waals surface area contributed by atoms with Gasteiger partial charge in [0.05, 0.1) is 31.7 Å². The Bertz CT molecular complexity index is 558. The summed E-state index contributed by atoms with van der Waals surface area (Å²) < 4.78 is 0. The van der Waals surface area contributed by atoms with Crippen LogP contribution in [0.5, 0.6) is 0 Å². The smallest absolute Gasteiger partial charge is 0.326 e. The minimum absolute atomic E-state index is 0.00504. The number of rotatable bonds is 9. The third kappa shape index (κ3) is 7.04. The van der Waals surface area contributed by atoms with Gasteiger partial charge in [-0.2, -0.15) is 0 Å². The number of carbonyl (C=O) groups excluding carboxylic acids is 3. The molecular weight excluding hydrogens is 308 g/mol. The summed E-state index contributed by atoms with van der Waals surface area (Å²) in [5.74, 6) is -3.00. The lowest BCUT2D eigenvalue weighted by Gasteiger charge is -2.13. The number of nitrogens with zero attached hydrogens (tertiary/aromatic N) is 1. The van der Waals surface area contributed by atoms with Gasteiger partial charge in [-0.1, -0.05) is 0 Å². The maximum atomic E-state index is 11.7. The first-order valence-electron chi connectivity index (χ1n) is 6.65. The van der Waals surface area contributed by atoms with E-state index in [0.29, 0.717) is 5.69 Å². The van der Waals surface area contributed by atoms with Gasteiger partial charge in [-0.3, -0.25) is 14.4 Å². The van der Waals surface area contributed by atoms with Gasteiger partial charge in [-0.15, -0.1) is 0 Å². The number of imidazole rings is 1. The molecule has 11 nitrogen and oxygen atoms in total. The monoisotopic (exact) mass is 326 g/mol. The molecule has 0 saturated heterocycles. The number of aliphatic carboxylic acids is 1. The Labute approximate surface area is 131 Å². The molecular formula is C12H18N6O5. The van der Waals surface area contributed by atoms with Gasteiger partial charge in [0.15, 0.2) is 0 Å². The average Bonchev–Trinajstić information content (AvgIpc) is 3.02. The van der Waals surface area contributed by atoms with Gasteiger partial charge in [0.25, 0.3) is 0 Å². The van der Waals surface area contributed by atoms with Crippen LogP contribution in [0.1, 0.15) is 5.69 Å². The van der Waals surface area contributed by atoms with Gasteiger partial charge in [0.2, 0.25) is 17.7 Å². The molecule has 11 heteroatoms. The number of nitrogens with two attached hydrogens (primary N) is 1. The Morgan fingerprint density at radius 3 is 2.39 bits per heavy atom. The number of H-pyrrole nitrogens is 1. The van der Waals surface area contributed by atoms with Gasteiger partial charge in [-0.25, -0.2) is 9.78 Å². The van der Waals surface area contributed by atoms with Crippen LogP contribution in [-0.4, -0.2) is 64.4 Å². The molecule has 3 amide bonds. The van der Waals surface area contributed by atoms with E-state index in [0.717, 1.165) is 0 Å². The lowest BCUT2D eigenvalue weighted by molar-refractivity contribution is -0.141. The molecule has 0 saturated carbocycles. The van der Waals surface area contributed by atoms with E-state index in [2.05, 4.69) is 25.9 Å². The van der Waals surface area contributed by atoms with Gasteiger partial charge >= 0.3 is 5.97 Å². The number of aromatic amines is 1. The molecule has 1 rings (SSSR count). The molecule has 1 aromatic rings. The highest BCUT2D eigenvalue weighted by molar-refractivity contribution is 5.90. The average molecular weight is 326 g/mol. The Balaban J connectivity index is 2.36. The summed E-state index contributed by atoms with van der Waals surface area (Å²) in [6.45, 7) is -0.984. The van der Waals surface area contributed by atoms with Crippen molar-refractivity contribution in [3.8, 4) is 0 Å². The minimum atomic E-state index is -1.22. The maximum Gasteiger partial charge on any atom is 0.326 e. The van der Waals surface area contributed by atoms with Crippen LogP contribution in [0.25, 0.3) is 0 Å². The van der Waals surface area contributed by atoms with Gasteiger partial charge in [-0.05, 0) is 0 Å². The third-order valence-electron chi connectivity index (χ3n) is 2.68. The van der Waals surface area contributed by atoms with Crippen molar-refractivity contribution in [2.24, 2.45) is 5.73 Å². The van der Waals surface area contributed by atoms with Crippen molar-refractivity contribution in [2.75, 3.05) is 19.6 Å². The molecule has 0 aromatic carbocycles. The first-order chi connectivity index (χ1) is 10.9.